The first-order chi connectivity index (χ1) is 5.25. The summed E-state index contributed by atoms with van der Waals surface area (Å²) in [7, 11) is 1.66. The van der Waals surface area contributed by atoms with Crippen LogP contribution < -0.4 is 5.23 Å². The molecule has 0 saturated carbocycles. The molecule has 1 aromatic rings. The average molecular weight is 150 g/mol. The first kappa shape index (κ1) is 7.59. The second-order valence-corrected chi connectivity index (χ2v) is 2.02. The molecule has 0 saturated heterocycles. The van der Waals surface area contributed by atoms with Crippen molar-refractivity contribution in [2.24, 2.45) is 0 Å². The quantitative estimate of drug-likeness (QED) is 0.380. The van der Waals surface area contributed by atoms with Crippen LogP contribution in [-0.2, 0) is 0 Å². The largest absolute Gasteiger partial charge is 0.429 e. The molecule has 0 aliphatic rings. The van der Waals surface area contributed by atoms with Crippen LogP contribution in [0, 0.1) is 10.1 Å². The Bertz CT molecular complexity index is 277. The van der Waals surface area contributed by atoms with Gasteiger partial charge >= 0.3 is 0 Å². The number of benzene rings is 1. The van der Waals surface area contributed by atoms with Crippen molar-refractivity contribution < 1.29 is 4.92 Å². The monoisotopic (exact) mass is 150 g/mol. The molecule has 0 aliphatic heterocycles. The van der Waals surface area contributed by atoms with Crippen LogP contribution >= 0.6 is 0 Å². The van der Waals surface area contributed by atoms with Gasteiger partial charge in [-0.2, -0.15) is 0 Å². The molecule has 56 valence electrons. The average Bonchev–Trinajstić information content (AvgIpc) is 2.04. The number of hydrogen-bond donors (Lipinski definition) is 1. The summed E-state index contributed by atoms with van der Waals surface area (Å²) in [6.45, 7) is 0. The molecule has 1 rings (SSSR count). The first-order valence-corrected chi connectivity index (χ1v) is 3.17. The highest BCUT2D eigenvalue weighted by Gasteiger charge is 2.08. The molecule has 1 aromatic carbocycles. The fourth-order valence-electron chi connectivity index (χ4n) is 0.844. The summed E-state index contributed by atoms with van der Waals surface area (Å²) < 4.78 is 0. The predicted octanol–water partition coefficient (Wildman–Crippen LogP) is 0.555. The normalized spacial score (nSPS) is 9.09. The second-order valence-electron chi connectivity index (χ2n) is 2.02. The fourth-order valence-corrected chi connectivity index (χ4v) is 0.844. The van der Waals surface area contributed by atoms with Gasteiger partial charge in [-0.25, -0.2) is 0 Å². The van der Waals surface area contributed by atoms with Crippen molar-refractivity contribution in [3.63, 3.8) is 0 Å². The third-order valence-corrected chi connectivity index (χ3v) is 1.37. The minimum absolute atomic E-state index is 0.106. The molecule has 0 bridgehead atoms. The molecule has 0 spiro atoms. The van der Waals surface area contributed by atoms with Gasteiger partial charge in [-0.3, -0.25) is 10.1 Å². The van der Waals surface area contributed by atoms with Crippen molar-refractivity contribution in [1.82, 2.24) is 0 Å². The Morgan fingerprint density at radius 1 is 1.45 bits per heavy atom. The number of anilines is 1. The lowest BCUT2D eigenvalue weighted by atomic mass is 10.2. The highest BCUT2D eigenvalue weighted by atomic mass is 16.6. The highest BCUT2D eigenvalue weighted by molar-refractivity contribution is 6.16. The van der Waals surface area contributed by atoms with Gasteiger partial charge in [-0.15, -0.1) is 0 Å². The molecule has 5 heteroatoms. The zero-order valence-corrected chi connectivity index (χ0v) is 6.07. The molecule has 1 N–H and O–H groups in total. The number of nitro groups is 1. The number of nitro benzene ring substituents is 1. The van der Waals surface area contributed by atoms with Crippen LogP contribution in [0.3, 0.4) is 0 Å². The van der Waals surface area contributed by atoms with Crippen LogP contribution in [0.2, 0.25) is 0 Å². The minimum Gasteiger partial charge on any atom is -0.429 e. The van der Waals surface area contributed by atoms with Crippen LogP contribution in [0.4, 0.5) is 11.4 Å². The van der Waals surface area contributed by atoms with E-state index in [1.807, 2.05) is 0 Å². The topological polar surface area (TPSA) is 55.2 Å². The number of hydrogen-bond acceptors (Lipinski definition) is 3. The summed E-state index contributed by atoms with van der Waals surface area (Å²) in [5, 5.41) is 13.1. The SMILES string of the molecule is BNc1ccccc1[N+](=O)[O-]. The third-order valence-electron chi connectivity index (χ3n) is 1.37. The van der Waals surface area contributed by atoms with Crippen molar-refractivity contribution in [2.45, 2.75) is 0 Å². The summed E-state index contributed by atoms with van der Waals surface area (Å²) in [5.74, 6) is 0. The highest BCUT2D eigenvalue weighted by Crippen LogP contribution is 2.21. The van der Waals surface area contributed by atoms with Crippen LogP contribution in [0.15, 0.2) is 24.3 Å². The van der Waals surface area contributed by atoms with Gasteiger partial charge in [-0.1, -0.05) is 12.1 Å². The Labute approximate surface area is 64.8 Å². The summed E-state index contributed by atoms with van der Waals surface area (Å²) in [4.78, 5) is 9.94. The van der Waals surface area contributed by atoms with Gasteiger partial charge in [0.05, 0.1) is 4.92 Å². The van der Waals surface area contributed by atoms with Gasteiger partial charge in [0.15, 0.2) is 0 Å². The van der Waals surface area contributed by atoms with Crippen LogP contribution in [0.5, 0.6) is 0 Å². The van der Waals surface area contributed by atoms with E-state index < -0.39 is 4.92 Å². The lowest BCUT2D eigenvalue weighted by Gasteiger charge is -1.99. The maximum absolute atomic E-state index is 10.3. The smallest absolute Gasteiger partial charge is 0.291 e. The van der Waals surface area contributed by atoms with Gasteiger partial charge in [-0.05, 0) is 6.07 Å². The van der Waals surface area contributed by atoms with Gasteiger partial charge in [0, 0.05) is 6.07 Å². The zero-order chi connectivity index (χ0) is 8.27. The lowest BCUT2D eigenvalue weighted by Crippen LogP contribution is -1.96. The number of para-hydroxylation sites is 2. The molecular formula is C6H7BN2O2. The summed E-state index contributed by atoms with van der Waals surface area (Å²) in [6, 6.07) is 6.52. The molecule has 0 aromatic heterocycles. The van der Waals surface area contributed by atoms with Crippen LogP contribution in [-0.4, -0.2) is 12.9 Å². The molecule has 4 nitrogen and oxygen atoms in total. The molecule has 0 fully saturated rings. The van der Waals surface area contributed by atoms with E-state index in [0.717, 1.165) is 0 Å². The number of nitrogens with zero attached hydrogens (tertiary/aromatic N) is 1. The Morgan fingerprint density at radius 2 is 2.09 bits per heavy atom. The van der Waals surface area contributed by atoms with Gasteiger partial charge < -0.3 is 5.23 Å². The van der Waals surface area contributed by atoms with Gasteiger partial charge in [0.25, 0.3) is 5.69 Å². The fraction of sp³-hybridized carbons (Fsp3) is 0. The van der Waals surface area contributed by atoms with Crippen molar-refractivity contribution in [3.8, 4) is 0 Å². The van der Waals surface area contributed by atoms with E-state index in [4.69, 9.17) is 0 Å². The van der Waals surface area contributed by atoms with Gasteiger partial charge in [0.1, 0.15) is 5.69 Å². The standard InChI is InChI=1S/C6H7BN2O2/c7-8-5-3-1-2-4-6(5)9(10)11/h1-4,8H,7H2. The summed E-state index contributed by atoms with van der Waals surface area (Å²) >= 11 is 0. The van der Waals surface area contributed by atoms with E-state index in [2.05, 4.69) is 5.23 Å². The molecule has 0 radical (unpaired) electrons. The Hall–Kier alpha value is -1.52. The maximum atomic E-state index is 10.3. The van der Waals surface area contributed by atoms with E-state index in [1.165, 1.54) is 6.07 Å². The van der Waals surface area contributed by atoms with E-state index in [0.29, 0.717) is 5.69 Å². The summed E-state index contributed by atoms with van der Waals surface area (Å²) in [5.41, 5.74) is 0.646. The first-order valence-electron chi connectivity index (χ1n) is 3.17. The molecule has 0 amide bonds. The van der Waals surface area contributed by atoms with Crippen LogP contribution in [0.25, 0.3) is 0 Å². The number of rotatable bonds is 2. The van der Waals surface area contributed by atoms with Crippen molar-refractivity contribution in [2.75, 3.05) is 5.23 Å². The minimum atomic E-state index is -0.411. The van der Waals surface area contributed by atoms with E-state index >= 15 is 0 Å². The van der Waals surface area contributed by atoms with Crippen molar-refractivity contribution in [1.29, 1.82) is 0 Å². The van der Waals surface area contributed by atoms with Crippen molar-refractivity contribution >= 4 is 19.4 Å². The van der Waals surface area contributed by atoms with E-state index in [9.17, 15) is 10.1 Å². The van der Waals surface area contributed by atoms with Crippen LogP contribution in [0.1, 0.15) is 0 Å². The molecular weight excluding hydrogens is 143 g/mol. The Morgan fingerprint density at radius 3 is 2.55 bits per heavy atom. The Balaban J connectivity index is 3.12. The predicted molar refractivity (Wildman–Crippen MR) is 45.3 cm³/mol. The maximum Gasteiger partial charge on any atom is 0.291 e. The van der Waals surface area contributed by atoms with Gasteiger partial charge in [0.2, 0.25) is 7.98 Å². The van der Waals surface area contributed by atoms with E-state index in [-0.39, 0.29) is 5.69 Å². The molecule has 0 heterocycles. The lowest BCUT2D eigenvalue weighted by molar-refractivity contribution is -0.383. The molecule has 0 aliphatic carbocycles. The molecule has 0 unspecified atom stereocenters. The molecule has 11 heavy (non-hydrogen) atoms. The van der Waals surface area contributed by atoms with E-state index in [1.54, 1.807) is 26.2 Å². The molecule has 0 atom stereocenters. The third kappa shape index (κ3) is 1.49. The number of nitrogens with one attached hydrogen (secondary N) is 1. The second kappa shape index (κ2) is 3.05. The van der Waals surface area contributed by atoms with Crippen molar-refractivity contribution in [3.05, 3.63) is 34.4 Å². The zero-order valence-electron chi connectivity index (χ0n) is 6.07. The Kier molecular flexibility index (Phi) is 2.10. The summed E-state index contributed by atoms with van der Waals surface area (Å²) in [6.07, 6.45) is 0.